The van der Waals surface area contributed by atoms with E-state index < -0.39 is 18.5 Å². The van der Waals surface area contributed by atoms with E-state index in [1.807, 2.05) is 24.3 Å². The average Bonchev–Trinajstić information content (AvgIpc) is 3.24. The summed E-state index contributed by atoms with van der Waals surface area (Å²) in [7, 11) is 0. The Morgan fingerprint density at radius 3 is 2.62 bits per heavy atom. The van der Waals surface area contributed by atoms with Gasteiger partial charge in [0.1, 0.15) is 6.10 Å². The highest BCUT2D eigenvalue weighted by Gasteiger charge is 2.21. The molecule has 0 aliphatic heterocycles. The Morgan fingerprint density at radius 2 is 1.96 bits per heavy atom. The first kappa shape index (κ1) is 18.5. The lowest BCUT2D eigenvalue weighted by atomic mass is 9.93. The topological polar surface area (TPSA) is 98.0 Å². The third-order valence-corrected chi connectivity index (χ3v) is 4.62. The van der Waals surface area contributed by atoms with Gasteiger partial charge in [0.2, 0.25) is 0 Å². The van der Waals surface area contributed by atoms with Crippen molar-refractivity contribution in [1.29, 1.82) is 0 Å². The zero-order valence-electron chi connectivity index (χ0n) is 14.2. The predicted octanol–water partition coefficient (Wildman–Crippen LogP) is 1.43. The van der Waals surface area contributed by atoms with E-state index in [0.717, 1.165) is 22.3 Å². The Bertz CT molecular complexity index is 813. The summed E-state index contributed by atoms with van der Waals surface area (Å²) in [6.45, 7) is 0. The SMILES string of the molecule is O=C(Cc1ccccc1C1=CC(C(O)O)=CC1)C(O)CC1=CC(O)C=C1. The van der Waals surface area contributed by atoms with Crippen molar-refractivity contribution in [3.05, 3.63) is 76.9 Å². The standard InChI is InChI=1S/C21H22O5/c22-17-8-5-13(9-17)10-19(23)20(24)12-14-3-1-2-4-18(14)15-6-7-16(11-15)21(25)26/h1-5,7-9,11,17,19,21-23,25-26H,6,10,12H2. The molecule has 5 heteroatoms. The van der Waals surface area contributed by atoms with Crippen LogP contribution in [0.2, 0.25) is 0 Å². The molecule has 1 aromatic rings. The van der Waals surface area contributed by atoms with Crippen LogP contribution in [0.3, 0.4) is 0 Å². The van der Waals surface area contributed by atoms with Gasteiger partial charge in [0.05, 0.1) is 6.10 Å². The number of aliphatic hydroxyl groups excluding tert-OH is 3. The van der Waals surface area contributed by atoms with Crippen LogP contribution >= 0.6 is 0 Å². The minimum atomic E-state index is -1.51. The van der Waals surface area contributed by atoms with E-state index in [2.05, 4.69) is 0 Å². The van der Waals surface area contributed by atoms with Crippen molar-refractivity contribution in [2.45, 2.75) is 37.8 Å². The molecule has 1 aromatic carbocycles. The molecule has 26 heavy (non-hydrogen) atoms. The second-order valence-corrected chi connectivity index (χ2v) is 6.56. The lowest BCUT2D eigenvalue weighted by molar-refractivity contribution is -0.126. The van der Waals surface area contributed by atoms with Crippen molar-refractivity contribution in [1.82, 2.24) is 0 Å². The molecule has 0 heterocycles. The fraction of sp³-hybridized carbons (Fsp3) is 0.286. The minimum Gasteiger partial charge on any atom is -0.385 e. The van der Waals surface area contributed by atoms with E-state index in [1.54, 1.807) is 30.4 Å². The third-order valence-electron chi connectivity index (χ3n) is 4.62. The monoisotopic (exact) mass is 354 g/mol. The number of allylic oxidation sites excluding steroid dienone is 3. The van der Waals surface area contributed by atoms with Crippen LogP contribution in [0.15, 0.2) is 65.8 Å². The number of Topliss-reactive ketones (excluding diaryl/α,β-unsaturated/α-hetero) is 1. The largest absolute Gasteiger partial charge is 0.385 e. The van der Waals surface area contributed by atoms with E-state index in [9.17, 15) is 25.2 Å². The third kappa shape index (κ3) is 4.26. The molecule has 0 radical (unpaired) electrons. The quantitative estimate of drug-likeness (QED) is 0.556. The molecular formula is C21H22O5. The van der Waals surface area contributed by atoms with E-state index >= 15 is 0 Å². The van der Waals surface area contributed by atoms with Crippen LogP contribution in [0.5, 0.6) is 0 Å². The van der Waals surface area contributed by atoms with Crippen LogP contribution in [-0.2, 0) is 11.2 Å². The number of carbonyl (C=O) groups is 1. The Hall–Kier alpha value is -2.31. The van der Waals surface area contributed by atoms with Gasteiger partial charge >= 0.3 is 0 Å². The highest BCUT2D eigenvalue weighted by atomic mass is 16.5. The molecule has 136 valence electrons. The van der Waals surface area contributed by atoms with Crippen molar-refractivity contribution in [3.63, 3.8) is 0 Å². The number of carbonyl (C=O) groups excluding carboxylic acids is 1. The fourth-order valence-corrected chi connectivity index (χ4v) is 3.23. The van der Waals surface area contributed by atoms with E-state index in [0.29, 0.717) is 12.0 Å². The summed E-state index contributed by atoms with van der Waals surface area (Å²) in [5.74, 6) is -0.290. The van der Waals surface area contributed by atoms with Crippen LogP contribution in [-0.4, -0.2) is 44.7 Å². The maximum Gasteiger partial charge on any atom is 0.178 e. The number of hydrogen-bond acceptors (Lipinski definition) is 5. The number of aliphatic hydroxyl groups is 4. The van der Waals surface area contributed by atoms with Crippen molar-refractivity contribution in [3.8, 4) is 0 Å². The Balaban J connectivity index is 1.71. The lowest BCUT2D eigenvalue weighted by Gasteiger charge is -2.13. The highest BCUT2D eigenvalue weighted by Crippen LogP contribution is 2.30. The first-order valence-corrected chi connectivity index (χ1v) is 8.57. The first-order chi connectivity index (χ1) is 12.4. The molecule has 0 saturated carbocycles. The molecule has 0 aromatic heterocycles. The summed E-state index contributed by atoms with van der Waals surface area (Å²) in [6, 6.07) is 7.43. The molecular weight excluding hydrogens is 332 g/mol. The fourth-order valence-electron chi connectivity index (χ4n) is 3.23. The van der Waals surface area contributed by atoms with Gasteiger partial charge in [-0.05, 0) is 34.8 Å². The zero-order valence-corrected chi connectivity index (χ0v) is 14.2. The van der Waals surface area contributed by atoms with Gasteiger partial charge in [-0.2, -0.15) is 0 Å². The molecule has 2 atom stereocenters. The Kier molecular flexibility index (Phi) is 5.64. The van der Waals surface area contributed by atoms with E-state index in [1.165, 1.54) is 0 Å². The van der Waals surface area contributed by atoms with Crippen molar-refractivity contribution in [2.75, 3.05) is 0 Å². The number of hydrogen-bond donors (Lipinski definition) is 4. The van der Waals surface area contributed by atoms with Crippen molar-refractivity contribution in [2.24, 2.45) is 0 Å². The summed E-state index contributed by atoms with van der Waals surface area (Å²) in [4.78, 5) is 12.4. The Morgan fingerprint density at radius 1 is 1.19 bits per heavy atom. The lowest BCUT2D eigenvalue weighted by Crippen LogP contribution is -2.23. The van der Waals surface area contributed by atoms with Crippen LogP contribution in [0.25, 0.3) is 5.57 Å². The molecule has 0 spiro atoms. The summed E-state index contributed by atoms with van der Waals surface area (Å²) >= 11 is 0. The first-order valence-electron chi connectivity index (χ1n) is 8.57. The maximum atomic E-state index is 12.4. The molecule has 3 rings (SSSR count). The molecule has 0 saturated heterocycles. The molecule has 5 nitrogen and oxygen atoms in total. The molecule has 4 N–H and O–H groups in total. The second kappa shape index (κ2) is 7.93. The molecule has 0 amide bonds. The van der Waals surface area contributed by atoms with Crippen molar-refractivity contribution >= 4 is 11.4 Å². The molecule has 0 fully saturated rings. The summed E-state index contributed by atoms with van der Waals surface area (Å²) in [5, 5.41) is 38.2. The number of benzene rings is 1. The second-order valence-electron chi connectivity index (χ2n) is 6.56. The van der Waals surface area contributed by atoms with Gasteiger partial charge in [0.25, 0.3) is 0 Å². The van der Waals surface area contributed by atoms with Gasteiger partial charge in [0.15, 0.2) is 12.1 Å². The van der Waals surface area contributed by atoms with Gasteiger partial charge in [-0.1, -0.05) is 48.6 Å². The van der Waals surface area contributed by atoms with Gasteiger partial charge in [-0.15, -0.1) is 0 Å². The van der Waals surface area contributed by atoms with Crippen LogP contribution in [0.4, 0.5) is 0 Å². The van der Waals surface area contributed by atoms with Crippen molar-refractivity contribution < 1.29 is 25.2 Å². The van der Waals surface area contributed by atoms with Crippen LogP contribution < -0.4 is 0 Å². The minimum absolute atomic E-state index is 0.0885. The number of rotatable bonds is 7. The summed E-state index contributed by atoms with van der Waals surface area (Å²) < 4.78 is 0. The van der Waals surface area contributed by atoms with Gasteiger partial charge in [-0.3, -0.25) is 4.79 Å². The number of ketones is 1. The normalized spacial score (nSPS) is 20.2. The molecule has 2 aliphatic rings. The molecule has 0 bridgehead atoms. The van der Waals surface area contributed by atoms with Crippen LogP contribution in [0.1, 0.15) is 24.0 Å². The maximum absolute atomic E-state index is 12.4. The van der Waals surface area contributed by atoms with Gasteiger partial charge < -0.3 is 20.4 Å². The predicted molar refractivity (Wildman–Crippen MR) is 97.9 cm³/mol. The molecule has 2 aliphatic carbocycles. The smallest absolute Gasteiger partial charge is 0.178 e. The molecule has 2 unspecified atom stereocenters. The highest BCUT2D eigenvalue weighted by molar-refractivity contribution is 5.87. The van der Waals surface area contributed by atoms with Crippen LogP contribution in [0, 0.1) is 0 Å². The van der Waals surface area contributed by atoms with Gasteiger partial charge in [-0.25, -0.2) is 0 Å². The summed E-state index contributed by atoms with van der Waals surface area (Å²) in [6.07, 6.45) is 5.95. The zero-order chi connectivity index (χ0) is 18.7. The summed E-state index contributed by atoms with van der Waals surface area (Å²) in [5.41, 5.74) is 3.77. The van der Waals surface area contributed by atoms with Gasteiger partial charge in [0, 0.05) is 18.4 Å². The average molecular weight is 354 g/mol. The Labute approximate surface area is 151 Å². The van der Waals surface area contributed by atoms with E-state index in [-0.39, 0.29) is 18.6 Å². The van der Waals surface area contributed by atoms with E-state index in [4.69, 9.17) is 0 Å².